The van der Waals surface area contributed by atoms with Gasteiger partial charge in [-0.1, -0.05) is 28.1 Å². The Morgan fingerprint density at radius 3 is 2.15 bits per heavy atom. The van der Waals surface area contributed by atoms with Gasteiger partial charge in [0.2, 0.25) is 0 Å². The van der Waals surface area contributed by atoms with Crippen molar-refractivity contribution in [3.05, 3.63) is 41.2 Å². The molecule has 0 saturated heterocycles. The Kier molecular flexibility index (Phi) is 3.54. The molecule has 0 radical (unpaired) electrons. The van der Waals surface area contributed by atoms with E-state index in [1.54, 1.807) is 0 Å². The predicted molar refractivity (Wildman–Crippen MR) is 49.1 cm³/mol. The van der Waals surface area contributed by atoms with Gasteiger partial charge in [-0.3, -0.25) is 0 Å². The molecule has 0 atom stereocenters. The van der Waals surface area contributed by atoms with Gasteiger partial charge in [0, 0.05) is 23.0 Å². The number of hydrogen-bond acceptors (Lipinski definition) is 0. The molecule has 70 valence electrons. The Bertz CT molecular complexity index is 311. The lowest BCUT2D eigenvalue weighted by atomic mass is 10.2. The van der Waals surface area contributed by atoms with Gasteiger partial charge in [-0.05, 0) is 0 Å². The molecule has 0 fully saturated rings. The summed E-state index contributed by atoms with van der Waals surface area (Å²) in [6, 6.07) is 1.30. The first-order chi connectivity index (χ1) is 6.15. The van der Waals surface area contributed by atoms with Gasteiger partial charge in [-0.2, -0.15) is 0 Å². The Balaban J connectivity index is 3.13. The van der Waals surface area contributed by atoms with Crippen molar-refractivity contribution in [2.45, 2.75) is 0 Å². The van der Waals surface area contributed by atoms with Crippen LogP contribution in [0.25, 0.3) is 6.08 Å². The van der Waals surface area contributed by atoms with Gasteiger partial charge in [0.25, 0.3) is 0 Å². The summed E-state index contributed by atoms with van der Waals surface area (Å²) in [5.74, 6) is -2.70. The molecule has 0 aliphatic heterocycles. The minimum Gasteiger partial charge on any atom is -0.207 e. The van der Waals surface area contributed by atoms with E-state index >= 15 is 0 Å². The van der Waals surface area contributed by atoms with Crippen molar-refractivity contribution in [3.63, 3.8) is 0 Å². The fourth-order valence-electron chi connectivity index (χ4n) is 0.875. The first-order valence-electron chi connectivity index (χ1n) is 3.52. The molecule has 1 aromatic rings. The number of hydrogen-bond donors (Lipinski definition) is 0. The van der Waals surface area contributed by atoms with Gasteiger partial charge in [0.1, 0.15) is 17.5 Å². The summed E-state index contributed by atoms with van der Waals surface area (Å²) in [6.45, 7) is 0. The second kappa shape index (κ2) is 4.46. The summed E-state index contributed by atoms with van der Waals surface area (Å²) >= 11 is 3.06. The van der Waals surface area contributed by atoms with E-state index in [1.165, 1.54) is 12.2 Å². The van der Waals surface area contributed by atoms with Crippen molar-refractivity contribution >= 4 is 22.0 Å². The van der Waals surface area contributed by atoms with Crippen LogP contribution in [0.2, 0.25) is 0 Å². The molecule has 4 heteroatoms. The highest BCUT2D eigenvalue weighted by Crippen LogP contribution is 2.16. The van der Waals surface area contributed by atoms with Gasteiger partial charge in [-0.25, -0.2) is 13.2 Å². The van der Waals surface area contributed by atoms with Crippen molar-refractivity contribution in [1.82, 2.24) is 0 Å². The molecule has 0 aliphatic carbocycles. The summed E-state index contributed by atoms with van der Waals surface area (Å²) in [6.07, 6.45) is 2.79. The van der Waals surface area contributed by atoms with Crippen LogP contribution < -0.4 is 0 Å². The van der Waals surface area contributed by atoms with Crippen molar-refractivity contribution in [2.75, 3.05) is 5.33 Å². The smallest absolute Gasteiger partial charge is 0.136 e. The highest BCUT2D eigenvalue weighted by Gasteiger charge is 2.07. The fraction of sp³-hybridized carbons (Fsp3) is 0.111. The monoisotopic (exact) mass is 250 g/mol. The summed E-state index contributed by atoms with van der Waals surface area (Å²) in [4.78, 5) is 0. The molecule has 0 heterocycles. The van der Waals surface area contributed by atoms with E-state index in [1.807, 2.05) is 0 Å². The third-order valence-electron chi connectivity index (χ3n) is 1.42. The lowest BCUT2D eigenvalue weighted by molar-refractivity contribution is 0.540. The number of alkyl halides is 1. The summed E-state index contributed by atoms with van der Waals surface area (Å²) in [5.41, 5.74) is -0.221. The molecule has 0 saturated carbocycles. The summed E-state index contributed by atoms with van der Waals surface area (Å²) < 4.78 is 38.2. The maximum absolute atomic E-state index is 12.9. The van der Waals surface area contributed by atoms with Gasteiger partial charge >= 0.3 is 0 Å². The normalized spacial score (nSPS) is 11.1. The van der Waals surface area contributed by atoms with Crippen molar-refractivity contribution < 1.29 is 13.2 Å². The Hall–Kier alpha value is -0.770. The molecule has 1 rings (SSSR count). The summed E-state index contributed by atoms with van der Waals surface area (Å²) in [7, 11) is 0. The van der Waals surface area contributed by atoms with E-state index in [-0.39, 0.29) is 5.56 Å². The predicted octanol–water partition coefficient (Wildman–Crippen LogP) is 3.51. The highest BCUT2D eigenvalue weighted by atomic mass is 79.9. The number of rotatable bonds is 2. The third-order valence-corrected chi connectivity index (χ3v) is 1.79. The maximum Gasteiger partial charge on any atom is 0.136 e. The minimum absolute atomic E-state index is 0.221. The Morgan fingerprint density at radius 2 is 1.69 bits per heavy atom. The van der Waals surface area contributed by atoms with Crippen LogP contribution in [-0.4, -0.2) is 5.33 Å². The van der Waals surface area contributed by atoms with E-state index in [2.05, 4.69) is 15.9 Å². The second-order valence-corrected chi connectivity index (χ2v) is 2.99. The molecule has 0 aromatic heterocycles. The van der Waals surface area contributed by atoms with E-state index in [0.717, 1.165) is 0 Å². The standard InChI is InChI=1S/C9H6BrF3/c10-3-1-2-7-8(12)4-6(11)5-9(7)13/h1-2,4-5H,3H2. The molecule has 0 amide bonds. The minimum atomic E-state index is -0.911. The van der Waals surface area contributed by atoms with Crippen LogP contribution in [0.3, 0.4) is 0 Å². The maximum atomic E-state index is 12.9. The molecule has 0 bridgehead atoms. The van der Waals surface area contributed by atoms with E-state index < -0.39 is 17.5 Å². The molecule has 0 spiro atoms. The zero-order chi connectivity index (χ0) is 9.84. The van der Waals surface area contributed by atoms with Crippen LogP contribution in [0.15, 0.2) is 18.2 Å². The van der Waals surface area contributed by atoms with Crippen LogP contribution in [-0.2, 0) is 0 Å². The van der Waals surface area contributed by atoms with Crippen LogP contribution in [0.4, 0.5) is 13.2 Å². The van der Waals surface area contributed by atoms with Crippen molar-refractivity contribution in [3.8, 4) is 0 Å². The van der Waals surface area contributed by atoms with Gasteiger partial charge < -0.3 is 0 Å². The van der Waals surface area contributed by atoms with Crippen LogP contribution in [0.1, 0.15) is 5.56 Å². The lowest BCUT2D eigenvalue weighted by Gasteiger charge is -1.98. The first-order valence-corrected chi connectivity index (χ1v) is 4.64. The highest BCUT2D eigenvalue weighted by molar-refractivity contribution is 9.09. The average molecular weight is 251 g/mol. The van der Waals surface area contributed by atoms with Crippen LogP contribution in [0.5, 0.6) is 0 Å². The number of halogens is 4. The Morgan fingerprint density at radius 1 is 1.15 bits per heavy atom. The Labute approximate surface area is 82.2 Å². The second-order valence-electron chi connectivity index (χ2n) is 2.34. The summed E-state index contributed by atoms with van der Waals surface area (Å²) in [5, 5.41) is 0.489. The van der Waals surface area contributed by atoms with Gasteiger partial charge in [-0.15, -0.1) is 0 Å². The molecular formula is C9H6BrF3. The van der Waals surface area contributed by atoms with Crippen LogP contribution in [0, 0.1) is 17.5 Å². The average Bonchev–Trinajstić information content (AvgIpc) is 2.02. The largest absolute Gasteiger partial charge is 0.207 e. The SMILES string of the molecule is Fc1cc(F)c(C=CCBr)c(F)c1. The van der Waals surface area contributed by atoms with Crippen molar-refractivity contribution in [1.29, 1.82) is 0 Å². The third kappa shape index (κ3) is 2.59. The van der Waals surface area contributed by atoms with Gasteiger partial charge in [0.05, 0.1) is 0 Å². The molecule has 0 nitrogen and oxygen atoms in total. The van der Waals surface area contributed by atoms with E-state index in [4.69, 9.17) is 0 Å². The molecule has 0 unspecified atom stereocenters. The topological polar surface area (TPSA) is 0 Å². The molecule has 0 aliphatic rings. The van der Waals surface area contributed by atoms with Crippen LogP contribution >= 0.6 is 15.9 Å². The zero-order valence-electron chi connectivity index (χ0n) is 6.53. The molecule has 0 N–H and O–H groups in total. The molecular weight excluding hydrogens is 245 g/mol. The zero-order valence-corrected chi connectivity index (χ0v) is 8.11. The lowest BCUT2D eigenvalue weighted by Crippen LogP contribution is -1.90. The number of benzene rings is 1. The fourth-order valence-corrected chi connectivity index (χ4v) is 1.06. The molecule has 13 heavy (non-hydrogen) atoms. The van der Waals surface area contributed by atoms with E-state index in [0.29, 0.717) is 17.5 Å². The first kappa shape index (κ1) is 10.3. The quantitative estimate of drug-likeness (QED) is 0.705. The van der Waals surface area contributed by atoms with Crippen molar-refractivity contribution in [2.24, 2.45) is 0 Å². The molecule has 1 aromatic carbocycles. The number of allylic oxidation sites excluding steroid dienone is 1. The van der Waals surface area contributed by atoms with Gasteiger partial charge in [0.15, 0.2) is 0 Å². The van der Waals surface area contributed by atoms with E-state index in [9.17, 15) is 13.2 Å².